The topological polar surface area (TPSA) is 67.8 Å². The number of β-amino-alcohol motifs (C(OH)–C–C–N with tert-alkyl or cyclic N) is 1. The first-order chi connectivity index (χ1) is 7.38. The van der Waals surface area contributed by atoms with Crippen LogP contribution in [0, 0.1) is 0 Å². The van der Waals surface area contributed by atoms with Crippen molar-refractivity contribution in [3.63, 3.8) is 0 Å². The van der Waals surface area contributed by atoms with Crippen LogP contribution in [0.1, 0.15) is 27.2 Å². The Morgan fingerprint density at radius 2 is 2.12 bits per heavy atom. The smallest absolute Gasteiger partial charge is 0.323 e. The lowest BCUT2D eigenvalue weighted by molar-refractivity contribution is -0.149. The van der Waals surface area contributed by atoms with Crippen molar-refractivity contribution >= 4 is 5.97 Å². The van der Waals surface area contributed by atoms with Gasteiger partial charge >= 0.3 is 5.97 Å². The Balaban J connectivity index is 2.11. The summed E-state index contributed by atoms with van der Waals surface area (Å²) >= 11 is 0. The highest BCUT2D eigenvalue weighted by Crippen LogP contribution is 2.08. The largest absolute Gasteiger partial charge is 0.462 e. The fourth-order valence-corrected chi connectivity index (χ4v) is 1.49. The Labute approximate surface area is 96.1 Å². The number of ether oxygens (including phenoxy) is 2. The highest BCUT2D eigenvalue weighted by atomic mass is 16.6. The van der Waals surface area contributed by atoms with Crippen molar-refractivity contribution in [2.75, 3.05) is 19.8 Å². The molecule has 16 heavy (non-hydrogen) atoms. The third-order valence-corrected chi connectivity index (χ3v) is 2.25. The number of aliphatic hydroxyl groups is 1. The molecule has 2 atom stereocenters. The number of rotatable bonds is 4. The van der Waals surface area contributed by atoms with Crippen LogP contribution in [0.25, 0.3) is 0 Å². The van der Waals surface area contributed by atoms with Crippen molar-refractivity contribution in [2.24, 2.45) is 0 Å². The average molecular weight is 231 g/mol. The minimum absolute atomic E-state index is 0.214. The van der Waals surface area contributed by atoms with Gasteiger partial charge in [-0.25, -0.2) is 0 Å². The number of carbonyl (C=O) groups is 1. The number of hydrogen-bond acceptors (Lipinski definition) is 5. The zero-order valence-electron chi connectivity index (χ0n) is 10.2. The Morgan fingerprint density at radius 3 is 2.62 bits per heavy atom. The van der Waals surface area contributed by atoms with E-state index in [-0.39, 0.29) is 24.2 Å². The molecule has 1 aliphatic heterocycles. The number of aliphatic hydroxyl groups excluding tert-OH is 1. The molecule has 2 N–H and O–H groups in total. The molecule has 2 unspecified atom stereocenters. The molecule has 0 amide bonds. The van der Waals surface area contributed by atoms with E-state index in [1.807, 2.05) is 20.8 Å². The maximum Gasteiger partial charge on any atom is 0.323 e. The zero-order valence-corrected chi connectivity index (χ0v) is 10.2. The molecule has 0 aromatic carbocycles. The summed E-state index contributed by atoms with van der Waals surface area (Å²) in [5.41, 5.74) is -0.214. The van der Waals surface area contributed by atoms with E-state index in [9.17, 15) is 9.90 Å². The molecule has 0 radical (unpaired) electrons. The molecule has 0 spiro atoms. The van der Waals surface area contributed by atoms with Gasteiger partial charge in [-0.1, -0.05) is 0 Å². The predicted octanol–water partition coefficient (Wildman–Crippen LogP) is 0.0675. The molecule has 1 rings (SSSR count). The Kier molecular flexibility index (Phi) is 4.70. The minimum atomic E-state index is -0.441. The maximum absolute atomic E-state index is 11.5. The van der Waals surface area contributed by atoms with Gasteiger partial charge in [0.1, 0.15) is 12.6 Å². The van der Waals surface area contributed by atoms with Crippen LogP contribution in [0.2, 0.25) is 0 Å². The summed E-state index contributed by atoms with van der Waals surface area (Å²) in [5, 5.41) is 12.1. The molecule has 1 fully saturated rings. The summed E-state index contributed by atoms with van der Waals surface area (Å²) in [6, 6.07) is -0.371. The first kappa shape index (κ1) is 13.4. The molecule has 1 heterocycles. The van der Waals surface area contributed by atoms with Crippen LogP contribution in [0.15, 0.2) is 0 Å². The van der Waals surface area contributed by atoms with Gasteiger partial charge in [0.25, 0.3) is 0 Å². The third-order valence-electron chi connectivity index (χ3n) is 2.25. The van der Waals surface area contributed by atoms with E-state index in [0.717, 1.165) is 0 Å². The summed E-state index contributed by atoms with van der Waals surface area (Å²) in [5.74, 6) is -0.311. The molecule has 0 aliphatic carbocycles. The lowest BCUT2D eigenvalue weighted by Gasteiger charge is -2.19. The van der Waals surface area contributed by atoms with Gasteiger partial charge in [0.15, 0.2) is 0 Å². The monoisotopic (exact) mass is 231 g/mol. The maximum atomic E-state index is 11.5. The standard InChI is InChI=1S/C11H21NO4/c1-11(2,3)16-5-4-15-10(14)9-6-8(13)7-12-9/h8-9,12-13H,4-7H2,1-3H3. The van der Waals surface area contributed by atoms with Crippen molar-refractivity contribution in [3.8, 4) is 0 Å². The van der Waals surface area contributed by atoms with Crippen molar-refractivity contribution in [1.82, 2.24) is 5.32 Å². The van der Waals surface area contributed by atoms with Gasteiger partial charge in [-0.2, -0.15) is 0 Å². The SMILES string of the molecule is CC(C)(C)OCCOC(=O)C1CC(O)CN1. The highest BCUT2D eigenvalue weighted by Gasteiger charge is 2.29. The second kappa shape index (κ2) is 5.61. The summed E-state index contributed by atoms with van der Waals surface area (Å²) in [6.07, 6.45) is -0.0118. The average Bonchev–Trinajstić information content (AvgIpc) is 2.57. The lowest BCUT2D eigenvalue weighted by atomic mass is 10.2. The van der Waals surface area contributed by atoms with Gasteiger partial charge in [-0.3, -0.25) is 4.79 Å². The Hall–Kier alpha value is -0.650. The van der Waals surface area contributed by atoms with Gasteiger partial charge in [0, 0.05) is 13.0 Å². The van der Waals surface area contributed by atoms with Crippen molar-refractivity contribution < 1.29 is 19.4 Å². The van der Waals surface area contributed by atoms with Gasteiger partial charge in [-0.05, 0) is 20.8 Å². The van der Waals surface area contributed by atoms with Gasteiger partial charge in [-0.15, -0.1) is 0 Å². The fourth-order valence-electron chi connectivity index (χ4n) is 1.49. The van der Waals surface area contributed by atoms with Crippen LogP contribution in [0.3, 0.4) is 0 Å². The quantitative estimate of drug-likeness (QED) is 0.529. The van der Waals surface area contributed by atoms with E-state index in [0.29, 0.717) is 19.6 Å². The summed E-state index contributed by atoms with van der Waals surface area (Å²) in [7, 11) is 0. The van der Waals surface area contributed by atoms with Crippen LogP contribution in [0.5, 0.6) is 0 Å². The Morgan fingerprint density at radius 1 is 1.44 bits per heavy atom. The summed E-state index contributed by atoms with van der Waals surface area (Å²) in [6.45, 7) is 6.95. The molecular weight excluding hydrogens is 210 g/mol. The number of esters is 1. The second-order valence-electron chi connectivity index (χ2n) is 4.98. The van der Waals surface area contributed by atoms with Gasteiger partial charge in [0.05, 0.1) is 18.3 Å². The molecular formula is C11H21NO4. The van der Waals surface area contributed by atoms with E-state index in [2.05, 4.69) is 5.32 Å². The zero-order chi connectivity index (χ0) is 12.2. The molecule has 5 heteroatoms. The van der Waals surface area contributed by atoms with E-state index < -0.39 is 6.10 Å². The second-order valence-corrected chi connectivity index (χ2v) is 4.98. The summed E-state index contributed by atoms with van der Waals surface area (Å²) < 4.78 is 10.4. The third kappa shape index (κ3) is 4.92. The van der Waals surface area contributed by atoms with Crippen molar-refractivity contribution in [2.45, 2.75) is 44.9 Å². The highest BCUT2D eigenvalue weighted by molar-refractivity contribution is 5.76. The number of carbonyl (C=O) groups excluding carboxylic acids is 1. The molecule has 1 saturated heterocycles. The van der Waals surface area contributed by atoms with E-state index in [1.54, 1.807) is 0 Å². The first-order valence-corrected chi connectivity index (χ1v) is 5.60. The van der Waals surface area contributed by atoms with E-state index in [1.165, 1.54) is 0 Å². The summed E-state index contributed by atoms with van der Waals surface area (Å²) in [4.78, 5) is 11.5. The molecule has 0 aromatic heterocycles. The molecule has 94 valence electrons. The van der Waals surface area contributed by atoms with Gasteiger partial charge in [0.2, 0.25) is 0 Å². The van der Waals surface area contributed by atoms with Crippen LogP contribution in [-0.2, 0) is 14.3 Å². The molecule has 5 nitrogen and oxygen atoms in total. The van der Waals surface area contributed by atoms with Crippen molar-refractivity contribution in [3.05, 3.63) is 0 Å². The molecule has 0 saturated carbocycles. The normalized spacial score (nSPS) is 25.8. The fraction of sp³-hybridized carbons (Fsp3) is 0.909. The predicted molar refractivity (Wildman–Crippen MR) is 59.1 cm³/mol. The first-order valence-electron chi connectivity index (χ1n) is 5.60. The molecule has 0 aromatic rings. The van der Waals surface area contributed by atoms with E-state index >= 15 is 0 Å². The van der Waals surface area contributed by atoms with Crippen LogP contribution >= 0.6 is 0 Å². The van der Waals surface area contributed by atoms with Crippen molar-refractivity contribution in [1.29, 1.82) is 0 Å². The molecule has 1 aliphatic rings. The van der Waals surface area contributed by atoms with Crippen LogP contribution in [-0.4, -0.2) is 48.6 Å². The van der Waals surface area contributed by atoms with Crippen LogP contribution < -0.4 is 5.32 Å². The number of hydrogen-bond donors (Lipinski definition) is 2. The lowest BCUT2D eigenvalue weighted by Crippen LogP contribution is -2.33. The van der Waals surface area contributed by atoms with Gasteiger partial charge < -0.3 is 19.9 Å². The molecule has 0 bridgehead atoms. The van der Waals surface area contributed by atoms with Crippen LogP contribution in [0.4, 0.5) is 0 Å². The number of nitrogens with one attached hydrogen (secondary N) is 1. The van der Waals surface area contributed by atoms with E-state index in [4.69, 9.17) is 9.47 Å². The minimum Gasteiger partial charge on any atom is -0.462 e. The Bertz CT molecular complexity index is 237.